The van der Waals surface area contributed by atoms with Crippen LogP contribution in [0.1, 0.15) is 21.5 Å². The summed E-state index contributed by atoms with van der Waals surface area (Å²) in [6.45, 7) is 3.99. The van der Waals surface area contributed by atoms with Crippen LogP contribution in [-0.4, -0.2) is 17.9 Å². The molecule has 19 heavy (non-hydrogen) atoms. The summed E-state index contributed by atoms with van der Waals surface area (Å²) < 4.78 is 0. The number of carbonyl (C=O) groups excluding carboxylic acids is 1. The minimum atomic E-state index is -0.217. The topological polar surface area (TPSA) is 53.2 Å². The molecule has 4 nitrogen and oxygen atoms in total. The highest BCUT2D eigenvalue weighted by atomic mass is 16.2. The van der Waals surface area contributed by atoms with Crippen molar-refractivity contribution in [3.63, 3.8) is 0 Å². The fourth-order valence-corrected chi connectivity index (χ4v) is 2.00. The maximum absolute atomic E-state index is 12.3. The molecule has 0 unspecified atom stereocenters. The summed E-state index contributed by atoms with van der Waals surface area (Å²) in [7, 11) is 1.72. The molecule has 4 heteroatoms. The molecule has 1 amide bonds. The van der Waals surface area contributed by atoms with Gasteiger partial charge in [0.25, 0.3) is 5.91 Å². The fraction of sp³-hybridized carbons (Fsp3) is 0.200. The van der Waals surface area contributed by atoms with Gasteiger partial charge in [-0.15, -0.1) is 0 Å². The van der Waals surface area contributed by atoms with Crippen LogP contribution in [0.15, 0.2) is 41.3 Å². The largest absolute Gasteiger partial charge is 0.328 e. The van der Waals surface area contributed by atoms with E-state index in [1.54, 1.807) is 11.9 Å². The van der Waals surface area contributed by atoms with Crippen LogP contribution >= 0.6 is 0 Å². The second-order valence-electron chi connectivity index (χ2n) is 4.65. The van der Waals surface area contributed by atoms with E-state index in [-0.39, 0.29) is 11.5 Å². The van der Waals surface area contributed by atoms with Gasteiger partial charge in [-0.25, -0.2) is 0 Å². The minimum absolute atomic E-state index is 0.152. The molecule has 0 aliphatic rings. The molecule has 0 fully saturated rings. The number of H-pyrrole nitrogens is 1. The van der Waals surface area contributed by atoms with E-state index in [0.29, 0.717) is 5.56 Å². The normalized spacial score (nSPS) is 10.3. The van der Waals surface area contributed by atoms with Gasteiger partial charge in [-0.2, -0.15) is 0 Å². The first-order valence-corrected chi connectivity index (χ1v) is 6.02. The number of aromatic amines is 1. The number of rotatable bonds is 2. The number of nitrogens with one attached hydrogen (secondary N) is 1. The number of benzene rings is 1. The smallest absolute Gasteiger partial charge is 0.259 e. The molecule has 0 bridgehead atoms. The van der Waals surface area contributed by atoms with Crippen molar-refractivity contribution < 1.29 is 4.79 Å². The first kappa shape index (κ1) is 13.1. The molecule has 0 radical (unpaired) electrons. The summed E-state index contributed by atoms with van der Waals surface area (Å²) >= 11 is 0. The van der Waals surface area contributed by atoms with Crippen LogP contribution in [0.3, 0.4) is 0 Å². The average molecular weight is 256 g/mol. The van der Waals surface area contributed by atoms with E-state index in [4.69, 9.17) is 0 Å². The number of pyridine rings is 1. The van der Waals surface area contributed by atoms with Gasteiger partial charge in [0.05, 0.1) is 5.56 Å². The molecule has 0 saturated heterocycles. The van der Waals surface area contributed by atoms with Crippen LogP contribution in [0.25, 0.3) is 0 Å². The Morgan fingerprint density at radius 1 is 1.11 bits per heavy atom. The van der Waals surface area contributed by atoms with Crippen molar-refractivity contribution in [2.45, 2.75) is 13.8 Å². The molecule has 2 rings (SSSR count). The highest BCUT2D eigenvalue weighted by molar-refractivity contribution is 6.05. The van der Waals surface area contributed by atoms with Crippen LogP contribution in [0.2, 0.25) is 0 Å². The van der Waals surface area contributed by atoms with Crippen molar-refractivity contribution in [2.75, 3.05) is 11.9 Å². The predicted octanol–water partition coefficient (Wildman–Crippen LogP) is 2.27. The number of carbonyl (C=O) groups is 1. The second kappa shape index (κ2) is 5.10. The molecule has 98 valence electrons. The second-order valence-corrected chi connectivity index (χ2v) is 4.65. The zero-order chi connectivity index (χ0) is 14.0. The summed E-state index contributed by atoms with van der Waals surface area (Å²) in [6, 6.07) is 8.85. The fourth-order valence-electron chi connectivity index (χ4n) is 2.00. The van der Waals surface area contributed by atoms with Crippen molar-refractivity contribution in [1.82, 2.24) is 4.98 Å². The van der Waals surface area contributed by atoms with Gasteiger partial charge in [-0.3, -0.25) is 9.59 Å². The van der Waals surface area contributed by atoms with Gasteiger partial charge >= 0.3 is 0 Å². The summed E-state index contributed by atoms with van der Waals surface area (Å²) in [5.74, 6) is -0.152. The summed E-state index contributed by atoms with van der Waals surface area (Å²) in [5, 5.41) is 0. The van der Waals surface area contributed by atoms with Gasteiger partial charge in [0.1, 0.15) is 0 Å². The lowest BCUT2D eigenvalue weighted by molar-refractivity contribution is 0.0992. The number of anilines is 1. The molecule has 1 aromatic carbocycles. The third kappa shape index (κ3) is 2.91. The third-order valence-corrected chi connectivity index (χ3v) is 2.93. The summed E-state index contributed by atoms with van der Waals surface area (Å²) in [5.41, 5.74) is 3.30. The first-order valence-electron chi connectivity index (χ1n) is 6.02. The summed E-state index contributed by atoms with van der Waals surface area (Å²) in [6.07, 6.45) is 1.43. The number of amides is 1. The van der Waals surface area contributed by atoms with Crippen molar-refractivity contribution in [2.24, 2.45) is 0 Å². The molecule has 1 N–H and O–H groups in total. The Hall–Kier alpha value is -2.36. The Labute approximate surface area is 111 Å². The molecule has 0 aliphatic heterocycles. The number of hydrogen-bond donors (Lipinski definition) is 1. The lowest BCUT2D eigenvalue weighted by Crippen LogP contribution is -2.27. The number of aromatic nitrogens is 1. The number of hydrogen-bond acceptors (Lipinski definition) is 2. The Kier molecular flexibility index (Phi) is 3.51. The molecule has 1 heterocycles. The van der Waals surface area contributed by atoms with Crippen molar-refractivity contribution in [3.05, 3.63) is 63.6 Å². The number of aryl methyl sites for hydroxylation is 2. The Morgan fingerprint density at radius 3 is 2.26 bits per heavy atom. The van der Waals surface area contributed by atoms with Gasteiger partial charge in [0.2, 0.25) is 5.56 Å². The minimum Gasteiger partial charge on any atom is -0.328 e. The van der Waals surface area contributed by atoms with Gasteiger partial charge in [-0.1, -0.05) is 6.07 Å². The van der Waals surface area contributed by atoms with E-state index in [1.165, 1.54) is 18.3 Å². The SMILES string of the molecule is Cc1cc(C)cc(N(C)C(=O)c2ccc(=O)[nH]c2)c1. The van der Waals surface area contributed by atoms with E-state index in [0.717, 1.165) is 16.8 Å². The maximum atomic E-state index is 12.3. The lowest BCUT2D eigenvalue weighted by atomic mass is 10.1. The van der Waals surface area contributed by atoms with Crippen molar-refractivity contribution in [1.29, 1.82) is 0 Å². The van der Waals surface area contributed by atoms with E-state index >= 15 is 0 Å². The monoisotopic (exact) mass is 256 g/mol. The lowest BCUT2D eigenvalue weighted by Gasteiger charge is -2.18. The molecular weight excluding hydrogens is 240 g/mol. The zero-order valence-corrected chi connectivity index (χ0v) is 11.2. The van der Waals surface area contributed by atoms with Gasteiger partial charge in [0.15, 0.2) is 0 Å². The number of nitrogens with zero attached hydrogens (tertiary/aromatic N) is 1. The standard InChI is InChI=1S/C15H16N2O2/c1-10-6-11(2)8-13(7-10)17(3)15(19)12-4-5-14(18)16-9-12/h4-9H,1-3H3,(H,16,18). The van der Waals surface area contributed by atoms with E-state index in [1.807, 2.05) is 26.0 Å². The molecule has 2 aromatic rings. The molecular formula is C15H16N2O2. The summed E-state index contributed by atoms with van der Waals surface area (Å²) in [4.78, 5) is 27.4. The maximum Gasteiger partial charge on any atom is 0.259 e. The Bertz CT molecular complexity index is 633. The van der Waals surface area contributed by atoms with Gasteiger partial charge in [0, 0.05) is 25.0 Å². The Morgan fingerprint density at radius 2 is 1.74 bits per heavy atom. The van der Waals surface area contributed by atoms with Crippen molar-refractivity contribution >= 4 is 11.6 Å². The van der Waals surface area contributed by atoms with Crippen LogP contribution in [0.4, 0.5) is 5.69 Å². The van der Waals surface area contributed by atoms with E-state index < -0.39 is 0 Å². The highest BCUT2D eigenvalue weighted by Gasteiger charge is 2.13. The Balaban J connectivity index is 2.33. The predicted molar refractivity (Wildman–Crippen MR) is 75.7 cm³/mol. The highest BCUT2D eigenvalue weighted by Crippen LogP contribution is 2.19. The quantitative estimate of drug-likeness (QED) is 0.896. The molecule has 0 aliphatic carbocycles. The van der Waals surface area contributed by atoms with Gasteiger partial charge in [-0.05, 0) is 43.2 Å². The van der Waals surface area contributed by atoms with Crippen LogP contribution in [0, 0.1) is 13.8 Å². The van der Waals surface area contributed by atoms with Crippen LogP contribution in [0.5, 0.6) is 0 Å². The zero-order valence-electron chi connectivity index (χ0n) is 11.2. The van der Waals surface area contributed by atoms with Gasteiger partial charge < -0.3 is 9.88 Å². The molecule has 0 atom stereocenters. The average Bonchev–Trinajstić information content (AvgIpc) is 2.37. The van der Waals surface area contributed by atoms with Crippen LogP contribution in [-0.2, 0) is 0 Å². The molecule has 1 aromatic heterocycles. The van der Waals surface area contributed by atoms with E-state index in [9.17, 15) is 9.59 Å². The van der Waals surface area contributed by atoms with E-state index in [2.05, 4.69) is 11.1 Å². The molecule has 0 spiro atoms. The van der Waals surface area contributed by atoms with Crippen LogP contribution < -0.4 is 10.5 Å². The third-order valence-electron chi connectivity index (χ3n) is 2.93. The van der Waals surface area contributed by atoms with Crippen molar-refractivity contribution in [3.8, 4) is 0 Å². The first-order chi connectivity index (χ1) is 8.97. The molecule has 0 saturated carbocycles.